The fourth-order valence-corrected chi connectivity index (χ4v) is 2.60. The summed E-state index contributed by atoms with van der Waals surface area (Å²) in [6.07, 6.45) is 4.90. The Balaban J connectivity index is 1.90. The highest BCUT2D eigenvalue weighted by Gasteiger charge is 2.17. The second-order valence-corrected chi connectivity index (χ2v) is 5.80. The number of amides is 3. The summed E-state index contributed by atoms with van der Waals surface area (Å²) in [5.41, 5.74) is 2.45. The number of rotatable bonds is 5. The Labute approximate surface area is 137 Å². The van der Waals surface area contributed by atoms with Crippen molar-refractivity contribution < 1.29 is 9.59 Å². The fourth-order valence-electron chi connectivity index (χ4n) is 2.60. The minimum absolute atomic E-state index is 0.0505. The predicted molar refractivity (Wildman–Crippen MR) is 92.2 cm³/mol. The van der Waals surface area contributed by atoms with Crippen LogP contribution in [0.15, 0.2) is 35.9 Å². The van der Waals surface area contributed by atoms with Crippen molar-refractivity contribution in [3.63, 3.8) is 0 Å². The summed E-state index contributed by atoms with van der Waals surface area (Å²) in [7, 11) is 0. The van der Waals surface area contributed by atoms with Crippen LogP contribution < -0.4 is 10.6 Å². The molecule has 1 fully saturated rings. The summed E-state index contributed by atoms with van der Waals surface area (Å²) in [6.45, 7) is 5.91. The van der Waals surface area contributed by atoms with E-state index in [1.807, 2.05) is 49.1 Å². The summed E-state index contributed by atoms with van der Waals surface area (Å²) >= 11 is 0. The Morgan fingerprint density at radius 3 is 2.70 bits per heavy atom. The van der Waals surface area contributed by atoms with Gasteiger partial charge in [0.15, 0.2) is 0 Å². The fraction of sp³-hybridized carbons (Fsp3) is 0.444. The minimum atomic E-state index is -0.0571. The zero-order valence-electron chi connectivity index (χ0n) is 13.9. The van der Waals surface area contributed by atoms with E-state index in [2.05, 4.69) is 10.6 Å². The molecule has 1 heterocycles. The first-order chi connectivity index (χ1) is 11.1. The molecule has 2 rings (SSSR count). The summed E-state index contributed by atoms with van der Waals surface area (Å²) in [5, 5.41) is 5.81. The second kappa shape index (κ2) is 8.36. The molecular formula is C18H25N3O2. The molecule has 0 spiro atoms. The molecule has 0 bridgehead atoms. The van der Waals surface area contributed by atoms with Crippen LogP contribution >= 0.6 is 0 Å². The van der Waals surface area contributed by atoms with Gasteiger partial charge in [0.1, 0.15) is 0 Å². The molecule has 5 heteroatoms. The molecule has 0 unspecified atom stereocenters. The molecule has 3 amide bonds. The molecule has 2 N–H and O–H groups in total. The van der Waals surface area contributed by atoms with Crippen LogP contribution in [0.5, 0.6) is 0 Å². The molecule has 1 aliphatic rings. The molecule has 0 saturated carbocycles. The number of allylic oxidation sites excluding steroid dienone is 1. The van der Waals surface area contributed by atoms with Crippen LogP contribution in [0, 0.1) is 0 Å². The van der Waals surface area contributed by atoms with Crippen molar-refractivity contribution in [2.24, 2.45) is 0 Å². The van der Waals surface area contributed by atoms with Crippen LogP contribution in [-0.2, 0) is 11.3 Å². The number of nitrogens with zero attached hydrogens (tertiary/aromatic N) is 1. The first-order valence-corrected chi connectivity index (χ1v) is 8.20. The number of urea groups is 1. The monoisotopic (exact) mass is 315 g/mol. The average Bonchev–Trinajstić information content (AvgIpc) is 3.08. The van der Waals surface area contributed by atoms with Gasteiger partial charge in [-0.05, 0) is 43.9 Å². The lowest BCUT2D eigenvalue weighted by Crippen LogP contribution is -2.32. The SMILES string of the molecule is CC/C=C(/C)C(=O)NCc1cccc(NC(=O)N2CCCC2)c1. The van der Waals surface area contributed by atoms with E-state index in [1.165, 1.54) is 0 Å². The number of hydrogen-bond donors (Lipinski definition) is 2. The van der Waals surface area contributed by atoms with E-state index in [-0.39, 0.29) is 11.9 Å². The number of carbonyl (C=O) groups excluding carboxylic acids is 2. The van der Waals surface area contributed by atoms with Crippen molar-refractivity contribution in [1.29, 1.82) is 0 Å². The van der Waals surface area contributed by atoms with Crippen LogP contribution in [0.4, 0.5) is 10.5 Å². The molecule has 1 saturated heterocycles. The zero-order chi connectivity index (χ0) is 16.7. The number of benzene rings is 1. The summed E-state index contributed by atoms with van der Waals surface area (Å²) < 4.78 is 0. The smallest absolute Gasteiger partial charge is 0.321 e. The van der Waals surface area contributed by atoms with Crippen molar-refractivity contribution in [2.45, 2.75) is 39.7 Å². The van der Waals surface area contributed by atoms with Crippen molar-refractivity contribution in [1.82, 2.24) is 10.2 Å². The Kier molecular flexibility index (Phi) is 6.20. The van der Waals surface area contributed by atoms with E-state index in [4.69, 9.17) is 0 Å². The maximum Gasteiger partial charge on any atom is 0.321 e. The van der Waals surface area contributed by atoms with E-state index < -0.39 is 0 Å². The van der Waals surface area contributed by atoms with Gasteiger partial charge < -0.3 is 15.5 Å². The molecule has 23 heavy (non-hydrogen) atoms. The quantitative estimate of drug-likeness (QED) is 0.819. The molecule has 1 aromatic carbocycles. The maximum atomic E-state index is 12.1. The molecule has 0 aromatic heterocycles. The van der Waals surface area contributed by atoms with Gasteiger partial charge in [-0.15, -0.1) is 0 Å². The molecule has 5 nitrogen and oxygen atoms in total. The highest BCUT2D eigenvalue weighted by atomic mass is 16.2. The van der Waals surface area contributed by atoms with Crippen LogP contribution in [0.3, 0.4) is 0 Å². The number of anilines is 1. The Morgan fingerprint density at radius 1 is 1.26 bits per heavy atom. The van der Waals surface area contributed by atoms with E-state index in [0.29, 0.717) is 6.54 Å². The molecule has 124 valence electrons. The van der Waals surface area contributed by atoms with Crippen molar-refractivity contribution in [3.8, 4) is 0 Å². The standard InChI is InChI=1S/C18H25N3O2/c1-3-7-14(2)17(22)19-13-15-8-6-9-16(12-15)20-18(23)21-10-4-5-11-21/h6-9,12H,3-5,10-11,13H2,1-2H3,(H,19,22)(H,20,23)/b14-7-. The molecule has 1 aromatic rings. The van der Waals surface area contributed by atoms with Gasteiger partial charge in [-0.1, -0.05) is 25.1 Å². The lowest BCUT2D eigenvalue weighted by atomic mass is 10.2. The molecule has 1 aliphatic heterocycles. The molecule has 0 radical (unpaired) electrons. The zero-order valence-corrected chi connectivity index (χ0v) is 13.9. The van der Waals surface area contributed by atoms with Crippen LogP contribution in [-0.4, -0.2) is 29.9 Å². The largest absolute Gasteiger partial charge is 0.348 e. The van der Waals surface area contributed by atoms with Gasteiger partial charge in [0.2, 0.25) is 5.91 Å². The Bertz CT molecular complexity index is 590. The first-order valence-electron chi connectivity index (χ1n) is 8.20. The third-order valence-corrected chi connectivity index (χ3v) is 3.89. The molecular weight excluding hydrogens is 290 g/mol. The predicted octanol–water partition coefficient (Wildman–Crippen LogP) is 3.29. The van der Waals surface area contributed by atoms with Crippen molar-refractivity contribution in [3.05, 3.63) is 41.5 Å². The highest BCUT2D eigenvalue weighted by Crippen LogP contribution is 2.14. The van der Waals surface area contributed by atoms with Crippen molar-refractivity contribution in [2.75, 3.05) is 18.4 Å². The number of carbonyl (C=O) groups is 2. The van der Waals surface area contributed by atoms with Crippen molar-refractivity contribution >= 4 is 17.6 Å². The minimum Gasteiger partial charge on any atom is -0.348 e. The number of likely N-dealkylation sites (tertiary alicyclic amines) is 1. The van der Waals surface area contributed by atoms with Gasteiger partial charge in [-0.2, -0.15) is 0 Å². The van der Waals surface area contributed by atoms with E-state index in [0.717, 1.165) is 49.2 Å². The van der Waals surface area contributed by atoms with Gasteiger partial charge in [0.25, 0.3) is 0 Å². The first kappa shape index (κ1) is 17.1. The van der Waals surface area contributed by atoms with Crippen LogP contribution in [0.25, 0.3) is 0 Å². The van der Waals surface area contributed by atoms with Gasteiger partial charge >= 0.3 is 6.03 Å². The summed E-state index contributed by atoms with van der Waals surface area (Å²) in [5.74, 6) is -0.0571. The van der Waals surface area contributed by atoms with E-state index >= 15 is 0 Å². The summed E-state index contributed by atoms with van der Waals surface area (Å²) in [6, 6.07) is 7.53. The van der Waals surface area contributed by atoms with E-state index in [9.17, 15) is 9.59 Å². The van der Waals surface area contributed by atoms with Crippen LogP contribution in [0.2, 0.25) is 0 Å². The van der Waals surface area contributed by atoms with Gasteiger partial charge in [0, 0.05) is 30.9 Å². The highest BCUT2D eigenvalue weighted by molar-refractivity contribution is 5.92. The average molecular weight is 315 g/mol. The maximum absolute atomic E-state index is 12.1. The topological polar surface area (TPSA) is 61.4 Å². The third-order valence-electron chi connectivity index (χ3n) is 3.89. The Morgan fingerprint density at radius 2 is 2.00 bits per heavy atom. The number of nitrogens with one attached hydrogen (secondary N) is 2. The summed E-state index contributed by atoms with van der Waals surface area (Å²) in [4.78, 5) is 25.8. The lowest BCUT2D eigenvalue weighted by molar-refractivity contribution is -0.117. The van der Waals surface area contributed by atoms with Gasteiger partial charge in [-0.3, -0.25) is 4.79 Å². The van der Waals surface area contributed by atoms with Gasteiger partial charge in [0.05, 0.1) is 0 Å². The van der Waals surface area contributed by atoms with Gasteiger partial charge in [-0.25, -0.2) is 4.79 Å². The third kappa shape index (κ3) is 5.13. The molecule has 0 aliphatic carbocycles. The normalized spacial score (nSPS) is 14.7. The van der Waals surface area contributed by atoms with E-state index in [1.54, 1.807) is 0 Å². The lowest BCUT2D eigenvalue weighted by Gasteiger charge is -2.16. The molecule has 0 atom stereocenters. The number of hydrogen-bond acceptors (Lipinski definition) is 2. The Hall–Kier alpha value is -2.30. The second-order valence-electron chi connectivity index (χ2n) is 5.80. The van der Waals surface area contributed by atoms with Crippen LogP contribution in [0.1, 0.15) is 38.7 Å².